The number of hydrogen-bond donors (Lipinski definition) is 2. The standard InChI is InChI=1S/C19H20N2O5/c1-11-4-6-15(22)14(8-11)20-19(23)18-10-13(21-26-18)12-5-7-16(24-2)17(9-12)25-3/h4-9,18,22H,10H2,1-3H3,(H,20,23)/t18-/m1/s1. The number of oxime groups is 1. The summed E-state index contributed by atoms with van der Waals surface area (Å²) in [7, 11) is 3.12. The lowest BCUT2D eigenvalue weighted by Gasteiger charge is -2.11. The van der Waals surface area contributed by atoms with Crippen molar-refractivity contribution in [2.45, 2.75) is 19.4 Å². The van der Waals surface area contributed by atoms with Gasteiger partial charge in [0.1, 0.15) is 5.75 Å². The number of benzene rings is 2. The van der Waals surface area contributed by atoms with Crippen LogP contribution in [-0.4, -0.2) is 37.0 Å². The average molecular weight is 356 g/mol. The molecule has 0 unspecified atom stereocenters. The molecule has 0 spiro atoms. The number of phenols is 1. The van der Waals surface area contributed by atoms with Gasteiger partial charge in [0.05, 0.1) is 25.6 Å². The van der Waals surface area contributed by atoms with E-state index in [1.54, 1.807) is 38.5 Å². The highest BCUT2D eigenvalue weighted by atomic mass is 16.6. The normalized spacial score (nSPS) is 15.8. The number of carbonyl (C=O) groups is 1. The van der Waals surface area contributed by atoms with Crippen molar-refractivity contribution in [2.24, 2.45) is 5.16 Å². The van der Waals surface area contributed by atoms with Crippen LogP contribution in [0, 0.1) is 6.92 Å². The van der Waals surface area contributed by atoms with Crippen molar-refractivity contribution < 1.29 is 24.2 Å². The van der Waals surface area contributed by atoms with Gasteiger partial charge in [-0.1, -0.05) is 11.2 Å². The highest BCUT2D eigenvalue weighted by Gasteiger charge is 2.29. The van der Waals surface area contributed by atoms with Crippen LogP contribution < -0.4 is 14.8 Å². The van der Waals surface area contributed by atoms with E-state index in [1.165, 1.54) is 6.07 Å². The monoisotopic (exact) mass is 356 g/mol. The van der Waals surface area contributed by atoms with Crippen molar-refractivity contribution >= 4 is 17.3 Å². The highest BCUT2D eigenvalue weighted by Crippen LogP contribution is 2.30. The van der Waals surface area contributed by atoms with Gasteiger partial charge < -0.3 is 24.7 Å². The van der Waals surface area contributed by atoms with Crippen molar-refractivity contribution in [1.82, 2.24) is 0 Å². The van der Waals surface area contributed by atoms with E-state index >= 15 is 0 Å². The van der Waals surface area contributed by atoms with Crippen molar-refractivity contribution in [2.75, 3.05) is 19.5 Å². The van der Waals surface area contributed by atoms with Gasteiger partial charge in [-0.05, 0) is 42.8 Å². The molecule has 0 aliphatic carbocycles. The molecule has 1 amide bonds. The SMILES string of the molecule is COc1ccc(C2=NO[C@@H](C(=O)Nc3cc(C)ccc3O)C2)cc1OC. The Kier molecular flexibility index (Phi) is 4.97. The summed E-state index contributed by atoms with van der Waals surface area (Å²) >= 11 is 0. The molecule has 7 heteroatoms. The van der Waals surface area contributed by atoms with E-state index in [2.05, 4.69) is 10.5 Å². The summed E-state index contributed by atoms with van der Waals surface area (Å²) in [5.74, 6) is 0.818. The zero-order valence-electron chi connectivity index (χ0n) is 14.8. The van der Waals surface area contributed by atoms with Gasteiger partial charge in [-0.3, -0.25) is 4.79 Å². The van der Waals surface area contributed by atoms with Crippen LogP contribution in [0.2, 0.25) is 0 Å². The molecule has 0 fully saturated rings. The molecule has 2 aromatic rings. The van der Waals surface area contributed by atoms with Crippen molar-refractivity contribution in [3.05, 3.63) is 47.5 Å². The number of carbonyl (C=O) groups excluding carboxylic acids is 1. The first-order valence-corrected chi connectivity index (χ1v) is 8.07. The van der Waals surface area contributed by atoms with E-state index in [-0.39, 0.29) is 11.7 Å². The Morgan fingerprint density at radius 1 is 1.19 bits per heavy atom. The Bertz CT molecular complexity index is 863. The number of rotatable bonds is 5. The molecular formula is C19H20N2O5. The van der Waals surface area contributed by atoms with Gasteiger partial charge >= 0.3 is 0 Å². The maximum absolute atomic E-state index is 12.4. The summed E-state index contributed by atoms with van der Waals surface area (Å²) in [6, 6.07) is 10.4. The first-order chi connectivity index (χ1) is 12.5. The van der Waals surface area contributed by atoms with Crippen LogP contribution in [0.5, 0.6) is 17.2 Å². The number of amides is 1. The van der Waals surface area contributed by atoms with E-state index in [9.17, 15) is 9.90 Å². The molecule has 26 heavy (non-hydrogen) atoms. The average Bonchev–Trinajstić information content (AvgIpc) is 3.14. The third kappa shape index (κ3) is 3.56. The summed E-state index contributed by atoms with van der Waals surface area (Å²) < 4.78 is 10.5. The van der Waals surface area contributed by atoms with Crippen LogP contribution in [-0.2, 0) is 9.63 Å². The Hall–Kier alpha value is -3.22. The maximum atomic E-state index is 12.4. The number of phenolic OH excluding ortho intramolecular Hbond substituents is 1. The van der Waals surface area contributed by atoms with Gasteiger partial charge in [-0.15, -0.1) is 0 Å². The number of nitrogens with one attached hydrogen (secondary N) is 1. The second-order valence-corrected chi connectivity index (χ2v) is 5.92. The third-order valence-electron chi connectivity index (χ3n) is 4.09. The fraction of sp³-hybridized carbons (Fsp3) is 0.263. The molecular weight excluding hydrogens is 336 g/mol. The summed E-state index contributed by atoms with van der Waals surface area (Å²) in [5, 5.41) is 16.5. The number of anilines is 1. The molecule has 1 atom stereocenters. The zero-order valence-corrected chi connectivity index (χ0v) is 14.8. The lowest BCUT2D eigenvalue weighted by molar-refractivity contribution is -0.125. The number of aryl methyl sites for hydroxylation is 1. The first kappa shape index (κ1) is 17.6. The number of ether oxygens (including phenoxy) is 2. The first-order valence-electron chi connectivity index (χ1n) is 8.07. The van der Waals surface area contributed by atoms with Crippen LogP contribution in [0.4, 0.5) is 5.69 Å². The van der Waals surface area contributed by atoms with Gasteiger partial charge in [0.15, 0.2) is 11.5 Å². The molecule has 7 nitrogen and oxygen atoms in total. The summed E-state index contributed by atoms with van der Waals surface area (Å²) in [5.41, 5.74) is 2.70. The summed E-state index contributed by atoms with van der Waals surface area (Å²) in [6.45, 7) is 1.87. The number of aromatic hydroxyl groups is 1. The summed E-state index contributed by atoms with van der Waals surface area (Å²) in [6.07, 6.45) is -0.452. The Balaban J connectivity index is 1.69. The minimum Gasteiger partial charge on any atom is -0.506 e. The predicted molar refractivity (Wildman–Crippen MR) is 97.0 cm³/mol. The van der Waals surface area contributed by atoms with Gasteiger partial charge in [0.2, 0.25) is 6.10 Å². The fourth-order valence-electron chi connectivity index (χ4n) is 2.67. The van der Waals surface area contributed by atoms with Gasteiger partial charge in [-0.25, -0.2) is 0 Å². The molecule has 2 aromatic carbocycles. The minimum absolute atomic E-state index is 0.00276. The Labute approximate surface area is 151 Å². The molecule has 0 aromatic heterocycles. The molecule has 2 N–H and O–H groups in total. The van der Waals surface area contributed by atoms with Gasteiger partial charge in [-0.2, -0.15) is 0 Å². The van der Waals surface area contributed by atoms with Crippen LogP contribution >= 0.6 is 0 Å². The van der Waals surface area contributed by atoms with E-state index < -0.39 is 6.10 Å². The molecule has 136 valence electrons. The molecule has 1 aliphatic rings. The number of nitrogens with zero attached hydrogens (tertiary/aromatic N) is 1. The Morgan fingerprint density at radius 2 is 1.96 bits per heavy atom. The second-order valence-electron chi connectivity index (χ2n) is 5.92. The van der Waals surface area contributed by atoms with Crippen molar-refractivity contribution in [3.8, 4) is 17.2 Å². The lowest BCUT2D eigenvalue weighted by atomic mass is 10.0. The van der Waals surface area contributed by atoms with E-state index in [0.29, 0.717) is 29.3 Å². The van der Waals surface area contributed by atoms with Crippen molar-refractivity contribution in [1.29, 1.82) is 0 Å². The van der Waals surface area contributed by atoms with Crippen LogP contribution in [0.15, 0.2) is 41.6 Å². The van der Waals surface area contributed by atoms with Crippen LogP contribution in [0.1, 0.15) is 17.5 Å². The van der Waals surface area contributed by atoms with Gasteiger partial charge in [0.25, 0.3) is 5.91 Å². The van der Waals surface area contributed by atoms with Gasteiger partial charge in [0, 0.05) is 12.0 Å². The minimum atomic E-state index is -0.766. The molecule has 1 aliphatic heterocycles. The smallest absolute Gasteiger partial charge is 0.268 e. The Morgan fingerprint density at radius 3 is 2.69 bits per heavy atom. The lowest BCUT2D eigenvalue weighted by Crippen LogP contribution is -2.28. The van der Waals surface area contributed by atoms with Crippen LogP contribution in [0.3, 0.4) is 0 Å². The van der Waals surface area contributed by atoms with Crippen LogP contribution in [0.25, 0.3) is 0 Å². The van der Waals surface area contributed by atoms with E-state index in [1.807, 2.05) is 13.0 Å². The molecule has 0 bridgehead atoms. The van der Waals surface area contributed by atoms with E-state index in [0.717, 1.165) is 11.1 Å². The third-order valence-corrected chi connectivity index (χ3v) is 4.09. The predicted octanol–water partition coefficient (Wildman–Crippen LogP) is 2.85. The molecule has 1 heterocycles. The topological polar surface area (TPSA) is 89.4 Å². The van der Waals surface area contributed by atoms with Crippen molar-refractivity contribution in [3.63, 3.8) is 0 Å². The molecule has 0 saturated heterocycles. The number of hydrogen-bond acceptors (Lipinski definition) is 6. The molecule has 0 saturated carbocycles. The largest absolute Gasteiger partial charge is 0.506 e. The molecule has 0 radical (unpaired) electrons. The highest BCUT2D eigenvalue weighted by molar-refractivity contribution is 6.06. The zero-order chi connectivity index (χ0) is 18.7. The van der Waals surface area contributed by atoms with E-state index in [4.69, 9.17) is 14.3 Å². The second kappa shape index (κ2) is 7.35. The molecule has 3 rings (SSSR count). The quantitative estimate of drug-likeness (QED) is 0.804. The fourth-order valence-corrected chi connectivity index (χ4v) is 2.67. The number of methoxy groups -OCH3 is 2. The summed E-state index contributed by atoms with van der Waals surface area (Å²) in [4.78, 5) is 17.7. The maximum Gasteiger partial charge on any atom is 0.268 e.